The summed E-state index contributed by atoms with van der Waals surface area (Å²) in [5.74, 6) is 0. The summed E-state index contributed by atoms with van der Waals surface area (Å²) in [4.78, 5) is 9.87. The second kappa shape index (κ2) is 8.10. The van der Waals surface area contributed by atoms with Crippen LogP contribution in [-0.2, 0) is 0 Å². The van der Waals surface area contributed by atoms with Crippen LogP contribution >= 0.6 is 0 Å². The minimum atomic E-state index is 1.18. The van der Waals surface area contributed by atoms with Gasteiger partial charge in [0, 0.05) is 59.8 Å². The second-order valence-corrected chi connectivity index (χ2v) is 8.85. The van der Waals surface area contributed by atoms with E-state index in [2.05, 4.69) is 72.1 Å². The summed E-state index contributed by atoms with van der Waals surface area (Å²) in [6, 6.07) is 9.37. The average Bonchev–Trinajstić information content (AvgIpc) is 2.73. The summed E-state index contributed by atoms with van der Waals surface area (Å²) in [5, 5.41) is 2.75. The first-order valence-corrected chi connectivity index (χ1v) is 11.0. The third-order valence-corrected chi connectivity index (χ3v) is 6.38. The van der Waals surface area contributed by atoms with E-state index in [4.69, 9.17) is 0 Å². The molecule has 0 saturated carbocycles. The Bertz CT molecular complexity index is 750. The van der Waals surface area contributed by atoms with Crippen molar-refractivity contribution in [2.45, 2.75) is 38.5 Å². The van der Waals surface area contributed by atoms with Crippen molar-refractivity contribution in [3.63, 3.8) is 0 Å². The molecule has 152 valence electrons. The van der Waals surface area contributed by atoms with Crippen LogP contribution in [0.3, 0.4) is 0 Å². The Morgan fingerprint density at radius 1 is 0.571 bits per heavy atom. The lowest BCUT2D eigenvalue weighted by Crippen LogP contribution is -2.32. The summed E-state index contributed by atoms with van der Waals surface area (Å²) >= 11 is 0. The largest absolute Gasteiger partial charge is 0.375 e. The van der Waals surface area contributed by atoms with Crippen molar-refractivity contribution in [2.24, 2.45) is 0 Å². The molecule has 0 spiro atoms. The lowest BCUT2D eigenvalue weighted by atomic mass is 9.99. The zero-order valence-corrected chi connectivity index (χ0v) is 18.2. The van der Waals surface area contributed by atoms with Gasteiger partial charge in [-0.2, -0.15) is 0 Å². The fraction of sp³-hybridized carbons (Fsp3) is 0.583. The smallest absolute Gasteiger partial charge is 0.0700 e. The number of hydrogen-bond donors (Lipinski definition) is 0. The Hall–Kier alpha value is -2.10. The molecule has 2 aromatic rings. The molecule has 2 heterocycles. The molecule has 0 aromatic heterocycles. The molecule has 28 heavy (non-hydrogen) atoms. The predicted molar refractivity (Wildman–Crippen MR) is 125 cm³/mol. The number of piperidine rings is 2. The first kappa shape index (κ1) is 19.2. The van der Waals surface area contributed by atoms with E-state index in [1.54, 1.807) is 0 Å². The van der Waals surface area contributed by atoms with Crippen LogP contribution in [0.4, 0.5) is 22.7 Å². The van der Waals surface area contributed by atoms with Crippen LogP contribution in [0.15, 0.2) is 24.3 Å². The van der Waals surface area contributed by atoms with Gasteiger partial charge in [0.1, 0.15) is 0 Å². The molecule has 2 aliphatic heterocycles. The maximum Gasteiger partial charge on any atom is 0.0700 e. The van der Waals surface area contributed by atoms with Crippen LogP contribution in [0.5, 0.6) is 0 Å². The van der Waals surface area contributed by atoms with Gasteiger partial charge in [0.05, 0.1) is 22.7 Å². The SMILES string of the molecule is CN(C)c1c(N2CCCCC2)ccc2ccc(N3CCCCC3)c(N(C)C)c12. The van der Waals surface area contributed by atoms with Crippen molar-refractivity contribution in [3.8, 4) is 0 Å². The number of hydrogen-bond acceptors (Lipinski definition) is 4. The summed E-state index contributed by atoms with van der Waals surface area (Å²) < 4.78 is 0. The summed E-state index contributed by atoms with van der Waals surface area (Å²) in [6.07, 6.45) is 7.95. The highest BCUT2D eigenvalue weighted by Gasteiger charge is 2.24. The van der Waals surface area contributed by atoms with Crippen molar-refractivity contribution in [3.05, 3.63) is 24.3 Å². The minimum absolute atomic E-state index is 1.18. The maximum absolute atomic E-state index is 2.60. The minimum Gasteiger partial charge on any atom is -0.375 e. The highest BCUT2D eigenvalue weighted by molar-refractivity contribution is 6.11. The molecular formula is C24H36N4. The van der Waals surface area contributed by atoms with Gasteiger partial charge in [0.2, 0.25) is 0 Å². The van der Waals surface area contributed by atoms with Crippen LogP contribution < -0.4 is 19.6 Å². The highest BCUT2D eigenvalue weighted by Crippen LogP contribution is 2.45. The topological polar surface area (TPSA) is 13.0 Å². The molecule has 0 amide bonds. The fourth-order valence-corrected chi connectivity index (χ4v) is 5.04. The van der Waals surface area contributed by atoms with Crippen LogP contribution in [-0.4, -0.2) is 54.4 Å². The van der Waals surface area contributed by atoms with E-state index in [0.29, 0.717) is 0 Å². The Morgan fingerprint density at radius 3 is 1.32 bits per heavy atom. The van der Waals surface area contributed by atoms with E-state index in [0.717, 1.165) is 0 Å². The Morgan fingerprint density at radius 2 is 0.964 bits per heavy atom. The number of nitrogens with zero attached hydrogens (tertiary/aromatic N) is 4. The molecule has 0 atom stereocenters. The van der Waals surface area contributed by atoms with Crippen molar-refractivity contribution in [2.75, 3.05) is 74.0 Å². The first-order valence-electron chi connectivity index (χ1n) is 11.0. The van der Waals surface area contributed by atoms with Crippen LogP contribution in [0.2, 0.25) is 0 Å². The summed E-state index contributed by atoms with van der Waals surface area (Å²) in [6.45, 7) is 4.70. The van der Waals surface area contributed by atoms with Gasteiger partial charge in [0.15, 0.2) is 0 Å². The Labute approximate surface area is 170 Å². The van der Waals surface area contributed by atoms with E-state index < -0.39 is 0 Å². The Kier molecular flexibility index (Phi) is 5.56. The lowest BCUT2D eigenvalue weighted by molar-refractivity contribution is 0.577. The molecular weight excluding hydrogens is 344 g/mol. The van der Waals surface area contributed by atoms with E-state index in [1.807, 2.05) is 0 Å². The van der Waals surface area contributed by atoms with E-state index in [9.17, 15) is 0 Å². The van der Waals surface area contributed by atoms with Crippen molar-refractivity contribution in [1.29, 1.82) is 0 Å². The van der Waals surface area contributed by atoms with Crippen molar-refractivity contribution < 1.29 is 0 Å². The van der Waals surface area contributed by atoms with E-state index in [1.165, 1.54) is 98.2 Å². The molecule has 2 fully saturated rings. The van der Waals surface area contributed by atoms with Gasteiger partial charge in [-0.25, -0.2) is 0 Å². The number of fused-ring (bicyclic) bond motifs is 1. The average molecular weight is 381 g/mol. The molecule has 2 aromatic carbocycles. The lowest BCUT2D eigenvalue weighted by Gasteiger charge is -2.36. The van der Waals surface area contributed by atoms with Gasteiger partial charge < -0.3 is 19.6 Å². The van der Waals surface area contributed by atoms with Gasteiger partial charge in [-0.05, 0) is 56.0 Å². The molecule has 4 heteroatoms. The Balaban J connectivity index is 1.94. The van der Waals surface area contributed by atoms with Crippen LogP contribution in [0.1, 0.15) is 38.5 Å². The molecule has 0 aliphatic carbocycles. The summed E-state index contributed by atoms with van der Waals surface area (Å²) in [5.41, 5.74) is 5.55. The van der Waals surface area contributed by atoms with Gasteiger partial charge in [-0.1, -0.05) is 12.1 Å². The van der Waals surface area contributed by atoms with Crippen LogP contribution in [0, 0.1) is 0 Å². The molecule has 0 bridgehead atoms. The predicted octanol–water partition coefficient (Wildman–Crippen LogP) is 4.95. The zero-order chi connectivity index (χ0) is 19.7. The first-order chi connectivity index (χ1) is 13.6. The third-order valence-electron chi connectivity index (χ3n) is 6.38. The van der Waals surface area contributed by atoms with E-state index >= 15 is 0 Å². The molecule has 4 rings (SSSR count). The number of anilines is 4. The zero-order valence-electron chi connectivity index (χ0n) is 18.2. The standard InChI is InChI=1S/C24H36N4/c1-25(2)23-20(27-15-7-5-8-16-27)13-11-19-12-14-21(24(22(19)23)26(3)4)28-17-9-6-10-18-28/h11-14H,5-10,15-18H2,1-4H3. The second-order valence-electron chi connectivity index (χ2n) is 8.85. The van der Waals surface area contributed by atoms with Gasteiger partial charge >= 0.3 is 0 Å². The monoisotopic (exact) mass is 380 g/mol. The molecule has 0 unspecified atom stereocenters. The third kappa shape index (κ3) is 3.49. The maximum atomic E-state index is 2.60. The molecule has 2 aliphatic rings. The number of benzene rings is 2. The van der Waals surface area contributed by atoms with Crippen LogP contribution in [0.25, 0.3) is 10.8 Å². The highest BCUT2D eigenvalue weighted by atomic mass is 15.2. The fourth-order valence-electron chi connectivity index (χ4n) is 5.04. The van der Waals surface area contributed by atoms with Gasteiger partial charge in [-0.15, -0.1) is 0 Å². The summed E-state index contributed by atoms with van der Waals surface area (Å²) in [7, 11) is 8.81. The van der Waals surface area contributed by atoms with Gasteiger partial charge in [-0.3, -0.25) is 0 Å². The molecule has 0 radical (unpaired) electrons. The normalized spacial score (nSPS) is 17.9. The van der Waals surface area contributed by atoms with Crippen molar-refractivity contribution in [1.82, 2.24) is 0 Å². The quantitative estimate of drug-likeness (QED) is 0.744. The molecule has 0 N–H and O–H groups in total. The molecule has 2 saturated heterocycles. The number of rotatable bonds is 4. The van der Waals surface area contributed by atoms with Crippen molar-refractivity contribution >= 4 is 33.5 Å². The molecule has 4 nitrogen and oxygen atoms in total. The van der Waals surface area contributed by atoms with E-state index in [-0.39, 0.29) is 0 Å². The van der Waals surface area contributed by atoms with Gasteiger partial charge in [0.25, 0.3) is 0 Å².